The molecule has 0 heterocycles. The number of hydrogen-bond donors (Lipinski definition) is 0. The summed E-state index contributed by atoms with van der Waals surface area (Å²) in [5.74, 6) is -1.61. The van der Waals surface area contributed by atoms with Gasteiger partial charge in [-0.05, 0) is 17.7 Å². The van der Waals surface area contributed by atoms with Crippen LogP contribution >= 0.6 is 0 Å². The molecule has 0 spiro atoms. The molecule has 0 aliphatic carbocycles. The maximum absolute atomic E-state index is 13.1. The van der Waals surface area contributed by atoms with Crippen LogP contribution in [-0.4, -0.2) is 26.2 Å². The fraction of sp³-hybridized carbons (Fsp3) is 0.333. The third kappa shape index (κ3) is 3.45. The third-order valence-corrected chi connectivity index (χ3v) is 3.23. The fourth-order valence-corrected chi connectivity index (χ4v) is 1.96. The first-order valence-electron chi connectivity index (χ1n) is 6.08. The van der Waals surface area contributed by atoms with Gasteiger partial charge in [-0.3, -0.25) is 0 Å². The summed E-state index contributed by atoms with van der Waals surface area (Å²) in [6.07, 6.45) is -2.09. The molecule has 1 rings (SSSR count). The monoisotopic (exact) mass is 298 g/mol. The summed E-state index contributed by atoms with van der Waals surface area (Å²) in [7, 11) is 2.29. The summed E-state index contributed by atoms with van der Waals surface area (Å²) in [6.45, 7) is 2.96. The average molecular weight is 298 g/mol. The Bertz CT molecular complexity index is 570. The van der Waals surface area contributed by atoms with Crippen LogP contribution in [0.15, 0.2) is 35.9 Å². The summed E-state index contributed by atoms with van der Waals surface area (Å²) in [6, 6.07) is 5.90. The maximum atomic E-state index is 13.1. The second-order valence-electron chi connectivity index (χ2n) is 4.82. The summed E-state index contributed by atoms with van der Waals surface area (Å²) >= 11 is 0. The number of methoxy groups -OCH3 is 2. The number of esters is 2. The van der Waals surface area contributed by atoms with E-state index in [9.17, 15) is 18.4 Å². The molecule has 4 nitrogen and oxygen atoms in total. The van der Waals surface area contributed by atoms with Gasteiger partial charge in [-0.1, -0.05) is 26.0 Å². The highest BCUT2D eigenvalue weighted by molar-refractivity contribution is 5.92. The molecule has 0 atom stereocenters. The van der Waals surface area contributed by atoms with E-state index in [1.807, 2.05) is 0 Å². The zero-order valence-electron chi connectivity index (χ0n) is 12.2. The lowest BCUT2D eigenvalue weighted by atomic mass is 9.77. The number of carbonyl (C=O) groups excluding carboxylic acids is 2. The molecule has 0 amide bonds. The first-order valence-corrected chi connectivity index (χ1v) is 6.08. The van der Waals surface area contributed by atoms with Gasteiger partial charge in [-0.2, -0.15) is 8.78 Å². The molecule has 0 bridgehead atoms. The molecular weight excluding hydrogens is 282 g/mol. The van der Waals surface area contributed by atoms with Gasteiger partial charge >= 0.3 is 11.9 Å². The maximum Gasteiger partial charge on any atom is 0.340 e. The van der Waals surface area contributed by atoms with E-state index in [0.29, 0.717) is 11.1 Å². The summed E-state index contributed by atoms with van der Waals surface area (Å²) in [5.41, 5.74) is -1.24. The number of hydrogen-bond acceptors (Lipinski definition) is 4. The Hall–Kier alpha value is -2.24. The van der Waals surface area contributed by atoms with Crippen LogP contribution in [0.4, 0.5) is 8.78 Å². The van der Waals surface area contributed by atoms with E-state index in [2.05, 4.69) is 9.47 Å². The number of carbonyl (C=O) groups is 2. The quantitative estimate of drug-likeness (QED) is 0.633. The minimum Gasteiger partial charge on any atom is -0.465 e. The van der Waals surface area contributed by atoms with Crippen LogP contribution in [0, 0.1) is 0 Å². The fourth-order valence-electron chi connectivity index (χ4n) is 1.96. The van der Waals surface area contributed by atoms with Crippen LogP contribution in [0.1, 0.15) is 29.8 Å². The smallest absolute Gasteiger partial charge is 0.340 e. The highest BCUT2D eigenvalue weighted by Gasteiger charge is 2.35. The molecule has 0 unspecified atom stereocenters. The molecule has 0 saturated heterocycles. The minimum absolute atomic E-state index is 0.293. The molecule has 0 fully saturated rings. The van der Waals surface area contributed by atoms with E-state index in [1.54, 1.807) is 0 Å². The van der Waals surface area contributed by atoms with Gasteiger partial charge in [0.15, 0.2) is 0 Å². The number of rotatable bonds is 4. The lowest BCUT2D eigenvalue weighted by Crippen LogP contribution is -2.27. The topological polar surface area (TPSA) is 52.6 Å². The Kier molecular flexibility index (Phi) is 5.18. The van der Waals surface area contributed by atoms with Crippen molar-refractivity contribution < 1.29 is 27.8 Å². The van der Waals surface area contributed by atoms with Crippen molar-refractivity contribution in [1.29, 1.82) is 0 Å². The van der Waals surface area contributed by atoms with Crippen molar-refractivity contribution in [2.24, 2.45) is 0 Å². The first-order chi connectivity index (χ1) is 9.75. The zero-order valence-corrected chi connectivity index (χ0v) is 12.2. The van der Waals surface area contributed by atoms with Crippen molar-refractivity contribution in [1.82, 2.24) is 0 Å². The normalized spacial score (nSPS) is 10.8. The van der Waals surface area contributed by atoms with Gasteiger partial charge in [0.2, 0.25) is 0 Å². The molecule has 6 heteroatoms. The predicted molar refractivity (Wildman–Crippen MR) is 72.1 cm³/mol. The van der Waals surface area contributed by atoms with Crippen molar-refractivity contribution in [2.75, 3.05) is 14.2 Å². The van der Waals surface area contributed by atoms with Crippen molar-refractivity contribution in [3.63, 3.8) is 0 Å². The molecule has 0 N–H and O–H groups in total. The van der Waals surface area contributed by atoms with Gasteiger partial charge in [0, 0.05) is 5.41 Å². The molecule has 1 aromatic rings. The molecule has 0 aliphatic rings. The standard InChI is InChI=1S/C15H16F2O4/c1-15(2,11(12(16)17)14(19)21-4)10-7-5-9(6-8-10)13(18)20-3/h5-8H,1-4H3. The Balaban J connectivity index is 3.26. The molecular formula is C15H16F2O4. The van der Waals surface area contributed by atoms with E-state index < -0.39 is 29.0 Å². The third-order valence-electron chi connectivity index (χ3n) is 3.23. The molecule has 114 valence electrons. The van der Waals surface area contributed by atoms with Crippen LogP contribution in [-0.2, 0) is 19.7 Å². The average Bonchev–Trinajstić information content (AvgIpc) is 2.45. The lowest BCUT2D eigenvalue weighted by molar-refractivity contribution is -0.137. The number of ether oxygens (including phenoxy) is 2. The second kappa shape index (κ2) is 6.47. The van der Waals surface area contributed by atoms with Gasteiger partial charge in [-0.15, -0.1) is 0 Å². The Morgan fingerprint density at radius 2 is 1.52 bits per heavy atom. The van der Waals surface area contributed by atoms with E-state index >= 15 is 0 Å². The van der Waals surface area contributed by atoms with Crippen LogP contribution in [0.25, 0.3) is 0 Å². The molecule has 1 aromatic carbocycles. The largest absolute Gasteiger partial charge is 0.465 e. The van der Waals surface area contributed by atoms with E-state index in [4.69, 9.17) is 0 Å². The van der Waals surface area contributed by atoms with Crippen molar-refractivity contribution in [2.45, 2.75) is 19.3 Å². The van der Waals surface area contributed by atoms with Crippen LogP contribution in [0.2, 0.25) is 0 Å². The molecule has 21 heavy (non-hydrogen) atoms. The predicted octanol–water partition coefficient (Wildman–Crippen LogP) is 3.07. The summed E-state index contributed by atoms with van der Waals surface area (Å²) in [4.78, 5) is 22.9. The van der Waals surface area contributed by atoms with Crippen molar-refractivity contribution in [3.05, 3.63) is 47.0 Å². The lowest BCUT2D eigenvalue weighted by Gasteiger charge is -2.26. The van der Waals surface area contributed by atoms with Crippen LogP contribution in [0.3, 0.4) is 0 Å². The van der Waals surface area contributed by atoms with Gasteiger partial charge in [-0.25, -0.2) is 9.59 Å². The zero-order chi connectivity index (χ0) is 16.2. The van der Waals surface area contributed by atoms with Gasteiger partial charge < -0.3 is 9.47 Å². The first kappa shape index (κ1) is 16.8. The highest BCUT2D eigenvalue weighted by Crippen LogP contribution is 2.35. The van der Waals surface area contributed by atoms with Crippen molar-refractivity contribution >= 4 is 11.9 Å². The van der Waals surface area contributed by atoms with Crippen LogP contribution in [0.5, 0.6) is 0 Å². The van der Waals surface area contributed by atoms with E-state index in [1.165, 1.54) is 45.2 Å². The van der Waals surface area contributed by atoms with Crippen LogP contribution < -0.4 is 0 Å². The van der Waals surface area contributed by atoms with Gasteiger partial charge in [0.25, 0.3) is 6.08 Å². The van der Waals surface area contributed by atoms with E-state index in [0.717, 1.165) is 7.11 Å². The van der Waals surface area contributed by atoms with E-state index in [-0.39, 0.29) is 0 Å². The molecule has 0 aliphatic heterocycles. The Morgan fingerprint density at radius 3 is 1.90 bits per heavy atom. The Labute approximate surface area is 121 Å². The van der Waals surface area contributed by atoms with Gasteiger partial charge in [0.05, 0.1) is 19.8 Å². The molecule has 0 saturated carbocycles. The summed E-state index contributed by atoms with van der Waals surface area (Å²) < 4.78 is 35.1. The van der Waals surface area contributed by atoms with Gasteiger partial charge in [0.1, 0.15) is 5.57 Å². The minimum atomic E-state index is -2.09. The number of benzene rings is 1. The Morgan fingerprint density at radius 1 is 1.00 bits per heavy atom. The summed E-state index contributed by atoms with van der Waals surface area (Å²) in [5, 5.41) is 0. The second-order valence-corrected chi connectivity index (χ2v) is 4.82. The number of halogens is 2. The highest BCUT2D eigenvalue weighted by atomic mass is 19.3. The molecule has 0 aromatic heterocycles. The molecule has 0 radical (unpaired) electrons. The SMILES string of the molecule is COC(=O)C(=C(F)F)C(C)(C)c1ccc(C(=O)OC)cc1. The van der Waals surface area contributed by atoms with Crippen molar-refractivity contribution in [3.8, 4) is 0 Å².